The van der Waals surface area contributed by atoms with Crippen molar-refractivity contribution >= 4 is 28.0 Å². The van der Waals surface area contributed by atoms with Crippen molar-refractivity contribution < 1.29 is 4.79 Å². The zero-order chi connectivity index (χ0) is 16.7. The molecule has 8 nitrogen and oxygen atoms in total. The van der Waals surface area contributed by atoms with Crippen LogP contribution in [0.3, 0.4) is 0 Å². The molecule has 1 aliphatic rings. The minimum atomic E-state index is -0.128. The van der Waals surface area contributed by atoms with Crippen LogP contribution in [0.25, 0.3) is 22.1 Å². The maximum absolute atomic E-state index is 12.1. The lowest BCUT2D eigenvalue weighted by atomic mass is 10.2. The van der Waals surface area contributed by atoms with Gasteiger partial charge in [0.2, 0.25) is 5.91 Å². The molecule has 122 valence electrons. The Labute approximate surface area is 138 Å². The van der Waals surface area contributed by atoms with E-state index in [1.807, 2.05) is 23.0 Å². The first-order valence-corrected chi connectivity index (χ1v) is 7.93. The second kappa shape index (κ2) is 5.53. The molecular formula is C16H17N7O. The lowest BCUT2D eigenvalue weighted by Gasteiger charge is -2.26. The predicted molar refractivity (Wildman–Crippen MR) is 88.5 cm³/mol. The number of nitrogens with one attached hydrogen (secondary N) is 1. The molecule has 0 saturated carbocycles. The summed E-state index contributed by atoms with van der Waals surface area (Å²) in [6, 6.07) is 4.11. The topological polar surface area (TPSA) is 93.8 Å². The molecule has 4 rings (SSSR count). The number of hydrogen-bond donors (Lipinski definition) is 1. The molecule has 24 heavy (non-hydrogen) atoms. The fraction of sp³-hybridized carbons (Fsp3) is 0.375. The van der Waals surface area contributed by atoms with Crippen molar-refractivity contribution in [3.63, 3.8) is 0 Å². The SMILES string of the molecule is CCC1CN(C(=O)CC#N)CN1n1cnc2cnc3[nH]ccc3c21. The van der Waals surface area contributed by atoms with Crippen molar-refractivity contribution in [3.8, 4) is 6.07 Å². The molecule has 1 amide bonds. The number of hydrogen-bond acceptors (Lipinski definition) is 5. The number of fused-ring (bicyclic) bond motifs is 3. The van der Waals surface area contributed by atoms with Crippen LogP contribution in [0.1, 0.15) is 19.8 Å². The first-order chi connectivity index (χ1) is 11.7. The normalized spacial score (nSPS) is 17.8. The Balaban J connectivity index is 1.77. The van der Waals surface area contributed by atoms with Gasteiger partial charge in [-0.05, 0) is 12.5 Å². The highest BCUT2D eigenvalue weighted by molar-refractivity contribution is 6.01. The molecule has 1 N–H and O–H groups in total. The van der Waals surface area contributed by atoms with Crippen molar-refractivity contribution in [3.05, 3.63) is 24.8 Å². The van der Waals surface area contributed by atoms with Gasteiger partial charge < -0.3 is 9.88 Å². The van der Waals surface area contributed by atoms with Crippen molar-refractivity contribution in [1.82, 2.24) is 24.5 Å². The van der Waals surface area contributed by atoms with E-state index in [-0.39, 0.29) is 18.4 Å². The zero-order valence-electron chi connectivity index (χ0n) is 13.3. The number of aromatic amines is 1. The summed E-state index contributed by atoms with van der Waals surface area (Å²) in [5.41, 5.74) is 2.61. The van der Waals surface area contributed by atoms with Crippen molar-refractivity contribution in [2.75, 3.05) is 18.2 Å². The summed E-state index contributed by atoms with van der Waals surface area (Å²) in [5, 5.41) is 11.9. The lowest BCUT2D eigenvalue weighted by Crippen LogP contribution is -2.40. The third-order valence-electron chi connectivity index (χ3n) is 4.57. The Morgan fingerprint density at radius 2 is 2.38 bits per heavy atom. The molecule has 0 bridgehead atoms. The second-order valence-electron chi connectivity index (χ2n) is 5.92. The van der Waals surface area contributed by atoms with Gasteiger partial charge in [-0.3, -0.25) is 9.80 Å². The van der Waals surface area contributed by atoms with Gasteiger partial charge in [0.05, 0.1) is 18.3 Å². The van der Waals surface area contributed by atoms with Gasteiger partial charge in [0.1, 0.15) is 36.1 Å². The van der Waals surface area contributed by atoms with E-state index < -0.39 is 0 Å². The fourth-order valence-corrected chi connectivity index (χ4v) is 3.33. The van der Waals surface area contributed by atoms with Crippen LogP contribution in [0.2, 0.25) is 0 Å². The molecule has 4 heterocycles. The highest BCUT2D eigenvalue weighted by atomic mass is 16.2. The van der Waals surface area contributed by atoms with Gasteiger partial charge in [-0.25, -0.2) is 14.6 Å². The quantitative estimate of drug-likeness (QED) is 0.785. The summed E-state index contributed by atoms with van der Waals surface area (Å²) in [7, 11) is 0. The smallest absolute Gasteiger partial charge is 0.238 e. The number of pyridine rings is 1. The third-order valence-corrected chi connectivity index (χ3v) is 4.57. The number of imidazole rings is 1. The molecule has 1 atom stereocenters. The van der Waals surface area contributed by atoms with Gasteiger partial charge in [0.25, 0.3) is 0 Å². The van der Waals surface area contributed by atoms with Crippen molar-refractivity contribution in [2.24, 2.45) is 0 Å². The van der Waals surface area contributed by atoms with E-state index in [1.165, 1.54) is 0 Å². The summed E-state index contributed by atoms with van der Waals surface area (Å²) < 4.78 is 2.01. The monoisotopic (exact) mass is 323 g/mol. The average molecular weight is 323 g/mol. The van der Waals surface area contributed by atoms with Crippen LogP contribution >= 0.6 is 0 Å². The van der Waals surface area contributed by atoms with Crippen LogP contribution in [0.5, 0.6) is 0 Å². The first-order valence-electron chi connectivity index (χ1n) is 7.93. The van der Waals surface area contributed by atoms with Gasteiger partial charge in [-0.1, -0.05) is 6.92 Å². The van der Waals surface area contributed by atoms with Crippen LogP contribution in [0.4, 0.5) is 0 Å². The van der Waals surface area contributed by atoms with E-state index in [1.54, 1.807) is 17.4 Å². The molecule has 8 heteroatoms. The van der Waals surface area contributed by atoms with Crippen LogP contribution in [-0.4, -0.2) is 49.7 Å². The third kappa shape index (κ3) is 2.09. The maximum atomic E-state index is 12.1. The molecule has 0 aliphatic carbocycles. The Morgan fingerprint density at radius 1 is 1.50 bits per heavy atom. The Morgan fingerprint density at radius 3 is 3.17 bits per heavy atom. The van der Waals surface area contributed by atoms with Crippen LogP contribution in [-0.2, 0) is 4.79 Å². The lowest BCUT2D eigenvalue weighted by molar-refractivity contribution is -0.129. The number of nitrogens with zero attached hydrogens (tertiary/aromatic N) is 6. The Bertz CT molecular complexity index is 950. The highest BCUT2D eigenvalue weighted by Gasteiger charge is 2.33. The number of amides is 1. The number of carbonyl (C=O) groups excluding carboxylic acids is 1. The molecule has 0 spiro atoms. The number of carbonyl (C=O) groups is 1. The van der Waals surface area contributed by atoms with E-state index in [4.69, 9.17) is 5.26 Å². The Kier molecular flexibility index (Phi) is 3.34. The second-order valence-corrected chi connectivity index (χ2v) is 5.92. The van der Waals surface area contributed by atoms with E-state index in [9.17, 15) is 4.79 Å². The standard InChI is InChI=1S/C16H17N7O/c1-2-11-8-21(14(24)3-5-17)10-23(11)22-9-20-13-7-19-16-12(15(13)22)4-6-18-16/h4,6-7,9,11H,2-3,8,10H2,1H3,(H,18,19). The molecule has 1 aliphatic heterocycles. The van der Waals surface area contributed by atoms with Gasteiger partial charge in [0, 0.05) is 18.1 Å². The molecular weight excluding hydrogens is 306 g/mol. The summed E-state index contributed by atoms with van der Waals surface area (Å²) in [6.07, 6.45) is 6.21. The number of aromatic nitrogens is 4. The average Bonchev–Trinajstić information content (AvgIpc) is 3.30. The van der Waals surface area contributed by atoms with Gasteiger partial charge in [-0.2, -0.15) is 5.26 Å². The molecule has 3 aromatic heterocycles. The van der Waals surface area contributed by atoms with Crippen molar-refractivity contribution in [1.29, 1.82) is 5.26 Å². The zero-order valence-corrected chi connectivity index (χ0v) is 13.3. The van der Waals surface area contributed by atoms with E-state index in [0.29, 0.717) is 13.2 Å². The van der Waals surface area contributed by atoms with Gasteiger partial charge in [-0.15, -0.1) is 0 Å². The minimum Gasteiger partial charge on any atom is -0.346 e. The molecule has 1 saturated heterocycles. The minimum absolute atomic E-state index is 0.0824. The van der Waals surface area contributed by atoms with Crippen LogP contribution < -0.4 is 5.01 Å². The summed E-state index contributed by atoms with van der Waals surface area (Å²) in [6.45, 7) is 3.18. The van der Waals surface area contributed by atoms with Gasteiger partial charge in [0.15, 0.2) is 0 Å². The van der Waals surface area contributed by atoms with Gasteiger partial charge >= 0.3 is 0 Å². The molecule has 0 aromatic carbocycles. The molecule has 1 unspecified atom stereocenters. The summed E-state index contributed by atoms with van der Waals surface area (Å²) in [4.78, 5) is 25.8. The summed E-state index contributed by atoms with van der Waals surface area (Å²) in [5.74, 6) is -0.128. The number of rotatable bonds is 3. The van der Waals surface area contributed by atoms with E-state index in [0.717, 1.165) is 28.5 Å². The molecule has 1 fully saturated rings. The fourth-order valence-electron chi connectivity index (χ4n) is 3.33. The maximum Gasteiger partial charge on any atom is 0.238 e. The molecule has 0 radical (unpaired) electrons. The highest BCUT2D eigenvalue weighted by Crippen LogP contribution is 2.25. The predicted octanol–water partition coefficient (Wildman–Crippen LogP) is 1.34. The van der Waals surface area contributed by atoms with Crippen LogP contribution in [0, 0.1) is 11.3 Å². The van der Waals surface area contributed by atoms with Crippen molar-refractivity contribution in [2.45, 2.75) is 25.8 Å². The number of H-pyrrole nitrogens is 1. The number of nitriles is 1. The largest absolute Gasteiger partial charge is 0.346 e. The van der Waals surface area contributed by atoms with E-state index >= 15 is 0 Å². The first kappa shape index (κ1) is 14.5. The van der Waals surface area contributed by atoms with E-state index in [2.05, 4.69) is 26.9 Å². The molecule has 3 aromatic rings. The summed E-state index contributed by atoms with van der Waals surface area (Å²) >= 11 is 0. The Hall–Kier alpha value is -3.08. The van der Waals surface area contributed by atoms with Crippen LogP contribution in [0.15, 0.2) is 24.8 Å².